The third kappa shape index (κ3) is 4.62. The number of nitrogens with zero attached hydrogens (tertiary/aromatic N) is 2. The zero-order valence-corrected chi connectivity index (χ0v) is 21.7. The molecular formula is C24H23BrN2O4S2. The standard InChI is InChI=1S/C24H23BrN2O4S2/c1-4-8-16-20(23(29)31-5-2)21(15-9-6-7-10-17(15)30-3)27-22(28)18(33-24(27)26-16)13-14-11-12-19(25)32-14/h6-7,9-13,21H,4-5,8H2,1-3H3/b18-13+/t21-/m0/s1. The number of para-hydroxylation sites is 1. The van der Waals surface area contributed by atoms with Crippen molar-refractivity contribution in [3.63, 3.8) is 0 Å². The molecule has 2 aromatic heterocycles. The Hall–Kier alpha value is -2.49. The van der Waals surface area contributed by atoms with Crippen molar-refractivity contribution >= 4 is 50.6 Å². The van der Waals surface area contributed by atoms with Crippen LogP contribution < -0.4 is 19.6 Å². The van der Waals surface area contributed by atoms with E-state index in [2.05, 4.69) is 15.9 Å². The van der Waals surface area contributed by atoms with Crippen molar-refractivity contribution < 1.29 is 14.3 Å². The first kappa shape index (κ1) is 23.7. The Morgan fingerprint density at radius 3 is 2.67 bits per heavy atom. The Labute approximate surface area is 207 Å². The highest BCUT2D eigenvalue weighted by Gasteiger charge is 2.35. The van der Waals surface area contributed by atoms with Crippen molar-refractivity contribution in [2.45, 2.75) is 32.7 Å². The summed E-state index contributed by atoms with van der Waals surface area (Å²) in [7, 11) is 1.58. The summed E-state index contributed by atoms with van der Waals surface area (Å²) in [6.45, 7) is 4.04. The van der Waals surface area contributed by atoms with Crippen LogP contribution in [0.5, 0.6) is 5.75 Å². The summed E-state index contributed by atoms with van der Waals surface area (Å²) in [5.41, 5.74) is 1.56. The number of rotatable bonds is 7. The Bertz CT molecular complexity index is 1400. The molecule has 0 unspecified atom stereocenters. The number of hydrogen-bond acceptors (Lipinski definition) is 7. The van der Waals surface area contributed by atoms with Gasteiger partial charge in [-0.3, -0.25) is 9.36 Å². The quantitative estimate of drug-likeness (QED) is 0.411. The molecule has 0 radical (unpaired) electrons. The van der Waals surface area contributed by atoms with Gasteiger partial charge in [0.25, 0.3) is 5.56 Å². The van der Waals surface area contributed by atoms with Crippen LogP contribution in [-0.2, 0) is 9.53 Å². The van der Waals surface area contributed by atoms with Crippen LogP contribution in [0.4, 0.5) is 0 Å². The van der Waals surface area contributed by atoms with Crippen molar-refractivity contribution in [1.82, 2.24) is 4.57 Å². The van der Waals surface area contributed by atoms with Crippen molar-refractivity contribution in [2.24, 2.45) is 4.99 Å². The van der Waals surface area contributed by atoms with Gasteiger partial charge in [0, 0.05) is 10.4 Å². The lowest BCUT2D eigenvalue weighted by atomic mass is 9.93. The lowest BCUT2D eigenvalue weighted by Crippen LogP contribution is -2.40. The number of halogens is 1. The lowest BCUT2D eigenvalue weighted by molar-refractivity contribution is -0.139. The van der Waals surface area contributed by atoms with E-state index in [9.17, 15) is 9.59 Å². The third-order valence-corrected chi connectivity index (χ3v) is 7.75. The molecule has 0 amide bonds. The molecule has 4 rings (SSSR count). The Balaban J connectivity index is 2.03. The van der Waals surface area contributed by atoms with Gasteiger partial charge in [0.2, 0.25) is 0 Å². The van der Waals surface area contributed by atoms with Crippen LogP contribution in [0.1, 0.15) is 43.2 Å². The van der Waals surface area contributed by atoms with Gasteiger partial charge in [-0.15, -0.1) is 11.3 Å². The third-order valence-electron chi connectivity index (χ3n) is 5.19. The number of hydrogen-bond donors (Lipinski definition) is 0. The molecular weight excluding hydrogens is 524 g/mol. The molecule has 1 aliphatic rings. The minimum Gasteiger partial charge on any atom is -0.496 e. The molecule has 1 aromatic carbocycles. The van der Waals surface area contributed by atoms with Crippen LogP contribution >= 0.6 is 38.6 Å². The maximum Gasteiger partial charge on any atom is 0.338 e. The number of carbonyl (C=O) groups is 1. The van der Waals surface area contributed by atoms with E-state index < -0.39 is 12.0 Å². The molecule has 3 heterocycles. The van der Waals surface area contributed by atoms with Crippen molar-refractivity contribution in [1.29, 1.82) is 0 Å². The maximum atomic E-state index is 13.7. The predicted octanol–water partition coefficient (Wildman–Crippen LogP) is 4.41. The number of ether oxygens (including phenoxy) is 2. The number of fused-ring (bicyclic) bond motifs is 1. The number of benzene rings is 1. The predicted molar refractivity (Wildman–Crippen MR) is 135 cm³/mol. The molecule has 1 atom stereocenters. The fourth-order valence-corrected chi connectivity index (χ4v) is 6.29. The molecule has 33 heavy (non-hydrogen) atoms. The number of esters is 1. The topological polar surface area (TPSA) is 69.9 Å². The number of carbonyl (C=O) groups excluding carboxylic acids is 1. The van der Waals surface area contributed by atoms with E-state index in [1.54, 1.807) is 29.9 Å². The Morgan fingerprint density at radius 1 is 1.21 bits per heavy atom. The molecule has 9 heteroatoms. The minimum absolute atomic E-state index is 0.198. The molecule has 0 saturated carbocycles. The first-order valence-electron chi connectivity index (χ1n) is 10.6. The average Bonchev–Trinajstić information content (AvgIpc) is 3.35. The van der Waals surface area contributed by atoms with Crippen LogP contribution in [0.15, 0.2) is 61.2 Å². The van der Waals surface area contributed by atoms with Crippen molar-refractivity contribution in [2.75, 3.05) is 13.7 Å². The van der Waals surface area contributed by atoms with Gasteiger partial charge < -0.3 is 9.47 Å². The van der Waals surface area contributed by atoms with E-state index >= 15 is 0 Å². The number of methoxy groups -OCH3 is 1. The van der Waals surface area contributed by atoms with Crippen LogP contribution in [-0.4, -0.2) is 24.3 Å². The fourth-order valence-electron chi connectivity index (χ4n) is 3.84. The van der Waals surface area contributed by atoms with E-state index in [1.807, 2.05) is 49.4 Å². The van der Waals surface area contributed by atoms with E-state index in [0.717, 1.165) is 20.6 Å². The summed E-state index contributed by atoms with van der Waals surface area (Å²) in [6.07, 6.45) is 3.27. The van der Waals surface area contributed by atoms with E-state index in [-0.39, 0.29) is 12.2 Å². The van der Waals surface area contributed by atoms with Gasteiger partial charge in [0.15, 0.2) is 4.80 Å². The molecule has 0 spiro atoms. The van der Waals surface area contributed by atoms with Gasteiger partial charge in [0.05, 0.1) is 33.3 Å². The van der Waals surface area contributed by atoms with Crippen LogP contribution in [0, 0.1) is 0 Å². The smallest absolute Gasteiger partial charge is 0.338 e. The van der Waals surface area contributed by atoms with Crippen LogP contribution in [0.2, 0.25) is 0 Å². The molecule has 172 valence electrons. The summed E-state index contributed by atoms with van der Waals surface area (Å²) in [5.74, 6) is 0.135. The largest absolute Gasteiger partial charge is 0.496 e. The van der Waals surface area contributed by atoms with E-state index in [4.69, 9.17) is 14.5 Å². The van der Waals surface area contributed by atoms with E-state index in [1.165, 1.54) is 11.3 Å². The first-order valence-corrected chi connectivity index (χ1v) is 13.0. The van der Waals surface area contributed by atoms with Gasteiger partial charge in [-0.05, 0) is 53.5 Å². The molecule has 0 fully saturated rings. The Kier molecular flexibility index (Phi) is 7.31. The number of aromatic nitrogens is 1. The highest BCUT2D eigenvalue weighted by molar-refractivity contribution is 9.11. The molecule has 6 nitrogen and oxygen atoms in total. The second-order valence-corrected chi connectivity index (χ2v) is 10.8. The van der Waals surface area contributed by atoms with Gasteiger partial charge in [-0.1, -0.05) is 42.9 Å². The first-order chi connectivity index (χ1) is 16.0. The number of thiazole rings is 1. The SMILES string of the molecule is CCCC1=C(C(=O)OCC)[C@H](c2ccccc2OC)n2c(s/c(=C/c3ccc(Br)s3)c2=O)=N1. The van der Waals surface area contributed by atoms with Crippen LogP contribution in [0.25, 0.3) is 6.08 Å². The average molecular weight is 547 g/mol. The highest BCUT2D eigenvalue weighted by Crippen LogP contribution is 2.36. The molecule has 1 aliphatic heterocycles. The summed E-state index contributed by atoms with van der Waals surface area (Å²) in [6, 6.07) is 10.7. The second-order valence-electron chi connectivity index (χ2n) is 7.30. The van der Waals surface area contributed by atoms with Gasteiger partial charge >= 0.3 is 5.97 Å². The lowest BCUT2D eigenvalue weighted by Gasteiger charge is -2.26. The summed E-state index contributed by atoms with van der Waals surface area (Å²) in [5, 5.41) is 0. The molecule has 0 saturated heterocycles. The monoisotopic (exact) mass is 546 g/mol. The van der Waals surface area contributed by atoms with Gasteiger partial charge in [0.1, 0.15) is 11.8 Å². The zero-order chi connectivity index (χ0) is 23.5. The fraction of sp³-hybridized carbons (Fsp3) is 0.292. The van der Waals surface area contributed by atoms with Gasteiger partial charge in [-0.25, -0.2) is 9.79 Å². The van der Waals surface area contributed by atoms with Crippen LogP contribution in [0.3, 0.4) is 0 Å². The molecule has 3 aromatic rings. The maximum absolute atomic E-state index is 13.7. The highest BCUT2D eigenvalue weighted by atomic mass is 79.9. The normalized spacial score (nSPS) is 15.9. The summed E-state index contributed by atoms with van der Waals surface area (Å²) >= 11 is 6.34. The van der Waals surface area contributed by atoms with Gasteiger partial charge in [-0.2, -0.15) is 0 Å². The van der Waals surface area contributed by atoms with Crippen molar-refractivity contribution in [3.05, 3.63) is 81.6 Å². The van der Waals surface area contributed by atoms with Crippen molar-refractivity contribution in [3.8, 4) is 5.75 Å². The molecule has 0 N–H and O–H groups in total. The number of thiophene rings is 1. The van der Waals surface area contributed by atoms with E-state index in [0.29, 0.717) is 32.8 Å². The molecule has 0 aliphatic carbocycles. The second kappa shape index (κ2) is 10.2. The molecule has 0 bridgehead atoms. The zero-order valence-electron chi connectivity index (χ0n) is 18.5. The Morgan fingerprint density at radius 2 is 2.00 bits per heavy atom. The summed E-state index contributed by atoms with van der Waals surface area (Å²) in [4.78, 5) is 33.1. The summed E-state index contributed by atoms with van der Waals surface area (Å²) < 4.78 is 14.2. The number of allylic oxidation sites excluding steroid dienone is 1. The minimum atomic E-state index is -0.685.